The second-order valence-electron chi connectivity index (χ2n) is 6.78. The highest BCUT2D eigenvalue weighted by Gasteiger charge is 2.26. The molecule has 2 heterocycles. The van der Waals surface area contributed by atoms with E-state index in [0.29, 0.717) is 16.1 Å². The van der Waals surface area contributed by atoms with Crippen LogP contribution in [0.1, 0.15) is 40.1 Å². The number of carbonyl (C=O) groups is 1. The van der Waals surface area contributed by atoms with Crippen LogP contribution in [-0.2, 0) is 18.8 Å². The molecule has 0 amide bonds. The average Bonchev–Trinajstić information content (AvgIpc) is 3.06. The molecular formula is C21H23ClN4O3. The van der Waals surface area contributed by atoms with Crippen molar-refractivity contribution in [3.63, 3.8) is 0 Å². The Balaban J connectivity index is 2.11. The number of hydrogen-bond donors (Lipinski definition) is 1. The summed E-state index contributed by atoms with van der Waals surface area (Å²) >= 11 is 6.06. The third-order valence-corrected chi connectivity index (χ3v) is 4.77. The Morgan fingerprint density at radius 3 is 2.55 bits per heavy atom. The van der Waals surface area contributed by atoms with E-state index in [2.05, 4.69) is 10.4 Å². The van der Waals surface area contributed by atoms with Gasteiger partial charge in [-0.15, -0.1) is 0 Å². The smallest absolute Gasteiger partial charge is 0.359 e. The maximum Gasteiger partial charge on any atom is 0.359 e. The number of rotatable bonds is 6. The molecule has 0 fully saturated rings. The fraction of sp³-hybridized carbons (Fsp3) is 0.286. The van der Waals surface area contributed by atoms with Crippen LogP contribution in [0.15, 0.2) is 47.5 Å². The maximum absolute atomic E-state index is 12.5. The summed E-state index contributed by atoms with van der Waals surface area (Å²) in [5, 5.41) is 8.34. The first-order valence-electron chi connectivity index (χ1n) is 9.20. The van der Waals surface area contributed by atoms with Gasteiger partial charge in [0.05, 0.1) is 18.3 Å². The van der Waals surface area contributed by atoms with Gasteiger partial charge in [0.25, 0.3) is 5.56 Å². The highest BCUT2D eigenvalue weighted by Crippen LogP contribution is 2.30. The molecule has 3 rings (SSSR count). The van der Waals surface area contributed by atoms with E-state index in [0.717, 1.165) is 11.3 Å². The molecule has 0 saturated carbocycles. The number of ether oxygens (including phenoxy) is 1. The predicted molar refractivity (Wildman–Crippen MR) is 113 cm³/mol. The van der Waals surface area contributed by atoms with Gasteiger partial charge in [-0.3, -0.25) is 9.48 Å². The van der Waals surface area contributed by atoms with Crippen LogP contribution in [0, 0.1) is 6.92 Å². The number of carbonyl (C=O) groups excluding carboxylic acids is 1. The van der Waals surface area contributed by atoms with Crippen LogP contribution in [0.4, 0.5) is 5.69 Å². The zero-order valence-corrected chi connectivity index (χ0v) is 17.5. The minimum Gasteiger partial charge on any atom is -0.461 e. The van der Waals surface area contributed by atoms with Crippen LogP contribution < -0.4 is 10.9 Å². The average molecular weight is 415 g/mol. The largest absolute Gasteiger partial charge is 0.461 e. The minimum absolute atomic E-state index is 0.0628. The lowest BCUT2D eigenvalue weighted by Gasteiger charge is -2.21. The molecule has 0 aliphatic carbocycles. The number of esters is 1. The highest BCUT2D eigenvalue weighted by atomic mass is 35.5. The number of nitrogens with zero attached hydrogens (tertiary/aromatic N) is 3. The van der Waals surface area contributed by atoms with E-state index >= 15 is 0 Å². The van der Waals surface area contributed by atoms with Crippen molar-refractivity contribution in [3.05, 3.63) is 80.5 Å². The van der Waals surface area contributed by atoms with Gasteiger partial charge in [-0.05, 0) is 37.6 Å². The lowest BCUT2D eigenvalue weighted by molar-refractivity contribution is 0.0517. The van der Waals surface area contributed by atoms with Crippen LogP contribution in [0.2, 0.25) is 5.02 Å². The van der Waals surface area contributed by atoms with Gasteiger partial charge in [0.15, 0.2) is 5.69 Å². The molecule has 0 radical (unpaired) electrons. The van der Waals surface area contributed by atoms with Gasteiger partial charge in [0.1, 0.15) is 0 Å². The van der Waals surface area contributed by atoms with Gasteiger partial charge in [-0.1, -0.05) is 23.7 Å². The summed E-state index contributed by atoms with van der Waals surface area (Å²) in [7, 11) is 3.45. The minimum atomic E-state index is -0.486. The number of hydrogen-bond acceptors (Lipinski definition) is 5. The molecule has 0 spiro atoms. The molecule has 1 unspecified atom stereocenters. The molecule has 1 N–H and O–H groups in total. The van der Waals surface area contributed by atoms with E-state index in [1.54, 1.807) is 63.2 Å². The van der Waals surface area contributed by atoms with E-state index < -0.39 is 12.0 Å². The van der Waals surface area contributed by atoms with Gasteiger partial charge in [-0.2, -0.15) is 5.10 Å². The van der Waals surface area contributed by atoms with E-state index in [-0.39, 0.29) is 17.9 Å². The second-order valence-corrected chi connectivity index (χ2v) is 7.22. The number of aryl methyl sites for hydroxylation is 3. The van der Waals surface area contributed by atoms with E-state index in [1.165, 1.54) is 4.57 Å². The van der Waals surface area contributed by atoms with Gasteiger partial charge in [0, 0.05) is 42.6 Å². The molecule has 0 bridgehead atoms. The quantitative estimate of drug-likeness (QED) is 0.625. The summed E-state index contributed by atoms with van der Waals surface area (Å²) in [6.07, 6.45) is 3.51. The lowest BCUT2D eigenvalue weighted by Crippen LogP contribution is -2.21. The first-order valence-corrected chi connectivity index (χ1v) is 9.58. The second kappa shape index (κ2) is 8.53. The number of halogens is 1. The van der Waals surface area contributed by atoms with Crippen molar-refractivity contribution in [2.24, 2.45) is 14.1 Å². The standard InChI is InChI=1S/C21H23ClN4O3/c1-5-29-21(28)19-17(12-26(4)24-19)18(14-6-8-15(22)9-7-14)23-16-10-13(2)20(27)25(3)11-16/h6-12,18,23H,5H2,1-4H3. The van der Waals surface area contributed by atoms with Crippen molar-refractivity contribution in [1.29, 1.82) is 0 Å². The lowest BCUT2D eigenvalue weighted by atomic mass is 9.98. The Kier molecular flexibility index (Phi) is 6.08. The Labute approximate surface area is 173 Å². The van der Waals surface area contributed by atoms with Crippen LogP contribution in [0.25, 0.3) is 0 Å². The number of nitrogens with one attached hydrogen (secondary N) is 1. The summed E-state index contributed by atoms with van der Waals surface area (Å²) in [6.45, 7) is 3.77. The zero-order chi connectivity index (χ0) is 21.1. The van der Waals surface area contributed by atoms with Crippen molar-refractivity contribution < 1.29 is 9.53 Å². The highest BCUT2D eigenvalue weighted by molar-refractivity contribution is 6.30. The Bertz CT molecular complexity index is 1060. The molecular weight excluding hydrogens is 392 g/mol. The normalized spacial score (nSPS) is 11.9. The Morgan fingerprint density at radius 1 is 1.24 bits per heavy atom. The van der Waals surface area contributed by atoms with Gasteiger partial charge in [0.2, 0.25) is 0 Å². The molecule has 0 aliphatic rings. The molecule has 152 valence electrons. The van der Waals surface area contributed by atoms with Crippen LogP contribution in [0.3, 0.4) is 0 Å². The topological polar surface area (TPSA) is 78.2 Å². The van der Waals surface area contributed by atoms with Crippen molar-refractivity contribution in [2.45, 2.75) is 19.9 Å². The number of aromatic nitrogens is 3. The van der Waals surface area contributed by atoms with Crippen molar-refractivity contribution in [1.82, 2.24) is 14.3 Å². The molecule has 8 heteroatoms. The molecule has 29 heavy (non-hydrogen) atoms. The summed E-state index contributed by atoms with van der Waals surface area (Å²) in [6, 6.07) is 8.73. The summed E-state index contributed by atoms with van der Waals surface area (Å²) in [5.41, 5.74) is 3.09. The van der Waals surface area contributed by atoms with Crippen molar-refractivity contribution >= 4 is 23.3 Å². The van der Waals surface area contributed by atoms with Crippen LogP contribution in [-0.4, -0.2) is 26.9 Å². The molecule has 3 aromatic rings. The third-order valence-electron chi connectivity index (χ3n) is 4.51. The predicted octanol–water partition coefficient (Wildman–Crippen LogP) is 3.46. The van der Waals surface area contributed by atoms with Gasteiger partial charge in [-0.25, -0.2) is 4.79 Å². The first-order chi connectivity index (χ1) is 13.8. The fourth-order valence-electron chi connectivity index (χ4n) is 3.20. The molecule has 0 aliphatic heterocycles. The first kappa shape index (κ1) is 20.7. The van der Waals surface area contributed by atoms with Crippen molar-refractivity contribution in [3.8, 4) is 0 Å². The zero-order valence-electron chi connectivity index (χ0n) is 16.8. The molecule has 7 nitrogen and oxygen atoms in total. The maximum atomic E-state index is 12.5. The summed E-state index contributed by atoms with van der Waals surface area (Å²) in [4.78, 5) is 24.5. The number of benzene rings is 1. The van der Waals surface area contributed by atoms with Crippen LogP contribution in [0.5, 0.6) is 0 Å². The SMILES string of the molecule is CCOC(=O)c1nn(C)cc1C(Nc1cc(C)c(=O)n(C)c1)c1ccc(Cl)cc1. The fourth-order valence-corrected chi connectivity index (χ4v) is 3.32. The Hall–Kier alpha value is -3.06. The van der Waals surface area contributed by atoms with Crippen molar-refractivity contribution in [2.75, 3.05) is 11.9 Å². The molecule has 0 saturated heterocycles. The molecule has 2 aromatic heterocycles. The van der Waals surface area contributed by atoms with E-state index in [1.807, 2.05) is 12.1 Å². The molecule has 1 aromatic carbocycles. The summed E-state index contributed by atoms with van der Waals surface area (Å²) < 4.78 is 8.28. The van der Waals surface area contributed by atoms with Crippen LogP contribution >= 0.6 is 11.6 Å². The van der Waals surface area contributed by atoms with E-state index in [4.69, 9.17) is 16.3 Å². The number of anilines is 1. The summed E-state index contributed by atoms with van der Waals surface area (Å²) in [5.74, 6) is -0.486. The third kappa shape index (κ3) is 4.51. The van der Waals surface area contributed by atoms with E-state index in [9.17, 15) is 9.59 Å². The molecule has 1 atom stereocenters. The number of pyridine rings is 1. The monoisotopic (exact) mass is 414 g/mol. The Morgan fingerprint density at radius 2 is 1.93 bits per heavy atom. The van der Waals surface area contributed by atoms with Gasteiger partial charge < -0.3 is 14.6 Å². The van der Waals surface area contributed by atoms with Gasteiger partial charge >= 0.3 is 5.97 Å².